The molecule has 0 radical (unpaired) electrons. The Morgan fingerprint density at radius 1 is 1.05 bits per heavy atom. The Kier molecular flexibility index (Phi) is 3.71. The molecular weight excluding hydrogens is 279 g/mol. The summed E-state index contributed by atoms with van der Waals surface area (Å²) in [6.07, 6.45) is -2.52. The fraction of sp³-hybridized carbons (Fsp3) is 0.154. The molecule has 0 aliphatic heterocycles. The first kappa shape index (κ1) is 14.4. The first-order valence-corrected chi connectivity index (χ1v) is 5.51. The Balaban J connectivity index is 2.46. The number of aromatic nitrogens is 1. The molecule has 1 heterocycles. The average Bonchev–Trinajstić information content (AvgIpc) is 2.37. The van der Waals surface area contributed by atoms with Crippen molar-refractivity contribution >= 4 is 0 Å². The lowest BCUT2D eigenvalue weighted by molar-refractivity contribution is -0.137. The normalized spacial score (nSPS) is 13.3. The van der Waals surface area contributed by atoms with E-state index in [4.69, 9.17) is 5.73 Å². The third kappa shape index (κ3) is 2.93. The Bertz CT molecular complexity index is 624. The van der Waals surface area contributed by atoms with E-state index in [-0.39, 0.29) is 11.1 Å². The van der Waals surface area contributed by atoms with E-state index in [1.807, 2.05) is 0 Å². The number of nitrogens with zero attached hydrogens (tertiary/aromatic N) is 1. The summed E-state index contributed by atoms with van der Waals surface area (Å²) in [5, 5.41) is 0. The third-order valence-corrected chi connectivity index (χ3v) is 2.74. The van der Waals surface area contributed by atoms with Crippen LogP contribution in [0.3, 0.4) is 0 Å². The number of benzene rings is 1. The molecule has 1 aromatic carbocycles. The molecule has 0 aliphatic rings. The van der Waals surface area contributed by atoms with Gasteiger partial charge in [-0.05, 0) is 29.8 Å². The minimum atomic E-state index is -4.61. The molecule has 7 heteroatoms. The van der Waals surface area contributed by atoms with Crippen LogP contribution in [0.25, 0.3) is 0 Å². The molecule has 1 aromatic heterocycles. The van der Waals surface area contributed by atoms with Gasteiger partial charge in [0, 0.05) is 11.8 Å². The highest BCUT2D eigenvalue weighted by Crippen LogP contribution is 2.32. The molecule has 0 amide bonds. The molecular formula is C13H9F5N2. The summed E-state index contributed by atoms with van der Waals surface area (Å²) < 4.78 is 64.4. The maximum atomic E-state index is 13.6. The quantitative estimate of drug-likeness (QED) is 0.860. The van der Waals surface area contributed by atoms with E-state index in [2.05, 4.69) is 4.98 Å². The van der Waals surface area contributed by atoms with Crippen LogP contribution in [0, 0.1) is 11.6 Å². The summed E-state index contributed by atoms with van der Waals surface area (Å²) in [6.45, 7) is 0. The Hall–Kier alpha value is -2.02. The van der Waals surface area contributed by atoms with E-state index in [9.17, 15) is 22.0 Å². The standard InChI is InChI=1S/C13H9F5N2/c14-9-3-7(5-20-6-9)12(19)10-4-8(13(16,17)18)1-2-11(10)15/h1-6,12H,19H2. The number of alkyl halides is 3. The lowest BCUT2D eigenvalue weighted by Crippen LogP contribution is -2.16. The molecule has 1 atom stereocenters. The largest absolute Gasteiger partial charge is 0.416 e. The zero-order valence-electron chi connectivity index (χ0n) is 9.96. The van der Waals surface area contributed by atoms with Gasteiger partial charge in [-0.25, -0.2) is 8.78 Å². The van der Waals surface area contributed by atoms with Gasteiger partial charge < -0.3 is 5.73 Å². The summed E-state index contributed by atoms with van der Waals surface area (Å²) >= 11 is 0. The van der Waals surface area contributed by atoms with E-state index in [0.29, 0.717) is 18.2 Å². The number of nitrogens with two attached hydrogens (primary N) is 1. The van der Waals surface area contributed by atoms with Crippen LogP contribution in [-0.2, 0) is 6.18 Å². The van der Waals surface area contributed by atoms with E-state index >= 15 is 0 Å². The van der Waals surface area contributed by atoms with Crippen molar-refractivity contribution in [3.8, 4) is 0 Å². The van der Waals surface area contributed by atoms with Crippen LogP contribution in [-0.4, -0.2) is 4.98 Å². The minimum absolute atomic E-state index is 0.0863. The zero-order chi connectivity index (χ0) is 14.9. The second-order valence-electron chi connectivity index (χ2n) is 4.15. The SMILES string of the molecule is NC(c1cncc(F)c1)c1cc(C(F)(F)F)ccc1F. The fourth-order valence-corrected chi connectivity index (χ4v) is 1.74. The Morgan fingerprint density at radius 2 is 1.75 bits per heavy atom. The molecule has 0 fully saturated rings. The van der Waals surface area contributed by atoms with Crippen molar-refractivity contribution in [1.29, 1.82) is 0 Å². The average molecular weight is 288 g/mol. The van der Waals surface area contributed by atoms with Gasteiger partial charge >= 0.3 is 6.18 Å². The molecule has 2 rings (SSSR count). The number of halogens is 5. The van der Waals surface area contributed by atoms with Gasteiger partial charge in [0.05, 0.1) is 17.8 Å². The van der Waals surface area contributed by atoms with Gasteiger partial charge in [-0.1, -0.05) is 0 Å². The van der Waals surface area contributed by atoms with Crippen LogP contribution >= 0.6 is 0 Å². The molecule has 2 N–H and O–H groups in total. The number of hydrogen-bond acceptors (Lipinski definition) is 2. The molecule has 0 spiro atoms. The summed E-state index contributed by atoms with van der Waals surface area (Å²) in [7, 11) is 0. The van der Waals surface area contributed by atoms with E-state index < -0.39 is 29.4 Å². The predicted octanol–water partition coefficient (Wildman–Crippen LogP) is 3.43. The molecule has 20 heavy (non-hydrogen) atoms. The summed E-state index contributed by atoms with van der Waals surface area (Å²) in [6, 6.07) is 1.68. The van der Waals surface area contributed by atoms with Gasteiger partial charge in [0.15, 0.2) is 0 Å². The lowest BCUT2D eigenvalue weighted by Gasteiger charge is -2.15. The van der Waals surface area contributed by atoms with E-state index in [1.165, 1.54) is 6.20 Å². The highest BCUT2D eigenvalue weighted by atomic mass is 19.4. The number of pyridine rings is 1. The van der Waals surface area contributed by atoms with Crippen LogP contribution in [0.2, 0.25) is 0 Å². The zero-order valence-corrected chi connectivity index (χ0v) is 9.96. The van der Waals surface area contributed by atoms with Gasteiger partial charge in [-0.15, -0.1) is 0 Å². The lowest BCUT2D eigenvalue weighted by atomic mass is 9.98. The van der Waals surface area contributed by atoms with Crippen molar-refractivity contribution < 1.29 is 22.0 Å². The van der Waals surface area contributed by atoms with Gasteiger partial charge in [0.1, 0.15) is 11.6 Å². The van der Waals surface area contributed by atoms with Crippen molar-refractivity contribution in [2.45, 2.75) is 12.2 Å². The highest BCUT2D eigenvalue weighted by molar-refractivity contribution is 5.35. The number of hydrogen-bond donors (Lipinski definition) is 1. The fourth-order valence-electron chi connectivity index (χ4n) is 1.74. The van der Waals surface area contributed by atoms with Crippen LogP contribution in [0.4, 0.5) is 22.0 Å². The van der Waals surface area contributed by atoms with Crippen LogP contribution in [0.15, 0.2) is 36.7 Å². The topological polar surface area (TPSA) is 38.9 Å². The van der Waals surface area contributed by atoms with Gasteiger partial charge in [-0.2, -0.15) is 13.2 Å². The summed E-state index contributed by atoms with van der Waals surface area (Å²) in [5.41, 5.74) is 4.38. The third-order valence-electron chi connectivity index (χ3n) is 2.74. The van der Waals surface area contributed by atoms with Gasteiger partial charge in [0.2, 0.25) is 0 Å². The highest BCUT2D eigenvalue weighted by Gasteiger charge is 2.31. The maximum absolute atomic E-state index is 13.6. The molecule has 2 nitrogen and oxygen atoms in total. The van der Waals surface area contributed by atoms with Crippen LogP contribution in [0.1, 0.15) is 22.7 Å². The van der Waals surface area contributed by atoms with E-state index in [1.54, 1.807) is 0 Å². The van der Waals surface area contributed by atoms with E-state index in [0.717, 1.165) is 12.3 Å². The maximum Gasteiger partial charge on any atom is 0.416 e. The summed E-state index contributed by atoms with van der Waals surface area (Å²) in [4.78, 5) is 3.53. The van der Waals surface area contributed by atoms with Gasteiger partial charge in [-0.3, -0.25) is 4.98 Å². The van der Waals surface area contributed by atoms with Crippen LogP contribution < -0.4 is 5.73 Å². The molecule has 0 aliphatic carbocycles. The Morgan fingerprint density at radius 3 is 2.35 bits per heavy atom. The van der Waals surface area contributed by atoms with Crippen molar-refractivity contribution in [2.24, 2.45) is 5.73 Å². The summed E-state index contributed by atoms with van der Waals surface area (Å²) in [5.74, 6) is -1.60. The second kappa shape index (κ2) is 5.16. The molecule has 106 valence electrons. The molecule has 0 saturated heterocycles. The minimum Gasteiger partial charge on any atom is -0.320 e. The molecule has 0 bridgehead atoms. The van der Waals surface area contributed by atoms with Crippen molar-refractivity contribution in [1.82, 2.24) is 4.98 Å². The number of rotatable bonds is 2. The van der Waals surface area contributed by atoms with Crippen LogP contribution in [0.5, 0.6) is 0 Å². The predicted molar refractivity (Wildman–Crippen MR) is 61.6 cm³/mol. The molecule has 2 aromatic rings. The van der Waals surface area contributed by atoms with Crippen molar-refractivity contribution in [2.75, 3.05) is 0 Å². The molecule has 0 saturated carbocycles. The Labute approximate surface area is 111 Å². The first-order chi connectivity index (χ1) is 9.29. The molecule has 1 unspecified atom stereocenters. The monoisotopic (exact) mass is 288 g/mol. The van der Waals surface area contributed by atoms with Crippen molar-refractivity contribution in [3.05, 3.63) is 65.0 Å². The smallest absolute Gasteiger partial charge is 0.320 e. The van der Waals surface area contributed by atoms with Crippen molar-refractivity contribution in [3.63, 3.8) is 0 Å². The first-order valence-electron chi connectivity index (χ1n) is 5.51. The van der Waals surface area contributed by atoms with Gasteiger partial charge in [0.25, 0.3) is 0 Å². The second-order valence-corrected chi connectivity index (χ2v) is 4.15.